The first kappa shape index (κ1) is 31.3. The number of hydrogen-bond acceptors (Lipinski definition) is 6. The molecular formula is C29H40N4O6. The van der Waals surface area contributed by atoms with E-state index in [0.717, 1.165) is 5.56 Å². The quantitative estimate of drug-likeness (QED) is 0.212. The van der Waals surface area contributed by atoms with Crippen molar-refractivity contribution >= 4 is 23.7 Å². The largest absolute Gasteiger partial charge is 0.508 e. The van der Waals surface area contributed by atoms with Crippen LogP contribution in [0.1, 0.15) is 45.2 Å². The number of phenols is 1. The van der Waals surface area contributed by atoms with Gasteiger partial charge in [0.1, 0.15) is 23.9 Å². The molecule has 39 heavy (non-hydrogen) atoms. The van der Waals surface area contributed by atoms with E-state index in [1.165, 1.54) is 12.1 Å². The fraction of sp³-hybridized carbons (Fsp3) is 0.448. The van der Waals surface area contributed by atoms with Crippen molar-refractivity contribution in [2.75, 3.05) is 0 Å². The molecule has 0 saturated heterocycles. The van der Waals surface area contributed by atoms with Crippen LogP contribution in [0, 0.1) is 11.8 Å². The van der Waals surface area contributed by atoms with Gasteiger partial charge in [0, 0.05) is 6.42 Å². The van der Waals surface area contributed by atoms with Crippen molar-refractivity contribution in [2.24, 2.45) is 17.6 Å². The summed E-state index contributed by atoms with van der Waals surface area (Å²) in [4.78, 5) is 51.2. The molecule has 0 fully saturated rings. The zero-order valence-electron chi connectivity index (χ0n) is 22.9. The molecule has 0 aromatic heterocycles. The van der Waals surface area contributed by atoms with Gasteiger partial charge in [-0.25, -0.2) is 4.79 Å². The molecule has 2 rings (SSSR count). The highest BCUT2D eigenvalue weighted by Gasteiger charge is 2.33. The fourth-order valence-corrected chi connectivity index (χ4v) is 4.03. The van der Waals surface area contributed by atoms with Crippen molar-refractivity contribution in [1.29, 1.82) is 0 Å². The molecule has 0 heterocycles. The monoisotopic (exact) mass is 540 g/mol. The van der Waals surface area contributed by atoms with Gasteiger partial charge in [-0.1, -0.05) is 76.6 Å². The van der Waals surface area contributed by atoms with E-state index in [4.69, 9.17) is 5.73 Å². The van der Waals surface area contributed by atoms with Crippen LogP contribution in [0.25, 0.3) is 0 Å². The van der Waals surface area contributed by atoms with Gasteiger partial charge in [0.25, 0.3) is 0 Å². The lowest BCUT2D eigenvalue weighted by Gasteiger charge is -2.29. The van der Waals surface area contributed by atoms with E-state index < -0.39 is 47.9 Å². The standard InChI is InChI=1S/C29H40N4O6/c1-5-18(4)25(33-26(35)22(30)15-19-9-7-6-8-10-19)28(37)32-24(17(2)3)27(36)31-23(29(38)39)16-20-11-13-21(34)14-12-20/h6-14,17-18,22-25,34H,5,15-16,30H2,1-4H3,(H,31,36)(H,32,37)(H,33,35)(H,38,39). The van der Waals surface area contributed by atoms with Gasteiger partial charge in [-0.05, 0) is 41.5 Å². The average Bonchev–Trinajstić information content (AvgIpc) is 2.90. The highest BCUT2D eigenvalue weighted by Crippen LogP contribution is 2.14. The summed E-state index contributed by atoms with van der Waals surface area (Å²) in [5.41, 5.74) is 7.61. The molecule has 0 spiro atoms. The van der Waals surface area contributed by atoms with E-state index in [9.17, 15) is 29.4 Å². The number of nitrogens with two attached hydrogens (primary N) is 1. The summed E-state index contributed by atoms with van der Waals surface area (Å²) in [6, 6.07) is 11.2. The van der Waals surface area contributed by atoms with E-state index in [-0.39, 0.29) is 24.0 Å². The van der Waals surface area contributed by atoms with Crippen molar-refractivity contribution in [3.05, 3.63) is 65.7 Å². The Balaban J connectivity index is 2.11. The lowest BCUT2D eigenvalue weighted by atomic mass is 9.95. The molecule has 7 N–H and O–H groups in total. The molecule has 10 heteroatoms. The third-order valence-corrected chi connectivity index (χ3v) is 6.67. The van der Waals surface area contributed by atoms with Gasteiger partial charge >= 0.3 is 5.97 Å². The van der Waals surface area contributed by atoms with E-state index in [1.807, 2.05) is 44.2 Å². The van der Waals surface area contributed by atoms with Crippen LogP contribution in [0.3, 0.4) is 0 Å². The summed E-state index contributed by atoms with van der Waals surface area (Å²) >= 11 is 0. The van der Waals surface area contributed by atoms with Gasteiger partial charge in [-0.3, -0.25) is 14.4 Å². The van der Waals surface area contributed by atoms with Gasteiger partial charge in [0.2, 0.25) is 17.7 Å². The van der Waals surface area contributed by atoms with E-state index in [2.05, 4.69) is 16.0 Å². The van der Waals surface area contributed by atoms with E-state index >= 15 is 0 Å². The Morgan fingerprint density at radius 3 is 1.85 bits per heavy atom. The Hall–Kier alpha value is -3.92. The topological polar surface area (TPSA) is 171 Å². The number of hydrogen-bond donors (Lipinski definition) is 6. The summed E-state index contributed by atoms with van der Waals surface area (Å²) in [6.45, 7) is 7.16. The second kappa shape index (κ2) is 14.9. The molecular weight excluding hydrogens is 500 g/mol. The number of benzene rings is 2. The predicted octanol–water partition coefficient (Wildman–Crippen LogP) is 1.75. The zero-order chi connectivity index (χ0) is 29.1. The van der Waals surface area contributed by atoms with Crippen molar-refractivity contribution < 1.29 is 29.4 Å². The smallest absolute Gasteiger partial charge is 0.326 e. The van der Waals surface area contributed by atoms with Crippen LogP contribution in [0.5, 0.6) is 5.75 Å². The minimum atomic E-state index is -1.25. The number of amides is 3. The molecule has 3 amide bonds. The predicted molar refractivity (Wildman–Crippen MR) is 148 cm³/mol. The number of aromatic hydroxyl groups is 1. The lowest BCUT2D eigenvalue weighted by molar-refractivity contribution is -0.142. The van der Waals surface area contributed by atoms with Gasteiger partial charge in [-0.2, -0.15) is 0 Å². The number of carboxylic acid groups (broad SMARTS) is 1. The normalized spacial score (nSPS) is 14.9. The van der Waals surface area contributed by atoms with Crippen LogP contribution in [-0.2, 0) is 32.0 Å². The van der Waals surface area contributed by atoms with Gasteiger partial charge in [0.15, 0.2) is 0 Å². The van der Waals surface area contributed by atoms with Crippen molar-refractivity contribution in [1.82, 2.24) is 16.0 Å². The SMILES string of the molecule is CCC(C)C(NC(=O)C(N)Cc1ccccc1)C(=O)NC(C(=O)NC(Cc1ccc(O)cc1)C(=O)O)C(C)C. The Kier molecular flexibility index (Phi) is 11.9. The molecule has 0 radical (unpaired) electrons. The molecule has 0 aliphatic carbocycles. The molecule has 10 nitrogen and oxygen atoms in total. The molecule has 0 saturated carbocycles. The molecule has 5 unspecified atom stereocenters. The van der Waals surface area contributed by atoms with Gasteiger partial charge in [0.05, 0.1) is 6.04 Å². The summed E-state index contributed by atoms with van der Waals surface area (Å²) in [5.74, 6) is -3.50. The Morgan fingerprint density at radius 1 is 0.769 bits per heavy atom. The minimum Gasteiger partial charge on any atom is -0.508 e. The highest BCUT2D eigenvalue weighted by atomic mass is 16.4. The third-order valence-electron chi connectivity index (χ3n) is 6.67. The van der Waals surface area contributed by atoms with Gasteiger partial charge in [-0.15, -0.1) is 0 Å². The first-order valence-corrected chi connectivity index (χ1v) is 13.1. The minimum absolute atomic E-state index is 0.00896. The van der Waals surface area contributed by atoms with E-state index in [0.29, 0.717) is 18.4 Å². The summed E-state index contributed by atoms with van der Waals surface area (Å²) in [6.07, 6.45) is 0.875. The Labute approximate surface area is 229 Å². The van der Waals surface area contributed by atoms with Crippen LogP contribution in [0.2, 0.25) is 0 Å². The van der Waals surface area contributed by atoms with Crippen LogP contribution >= 0.6 is 0 Å². The molecule has 0 aliphatic heterocycles. The summed E-state index contributed by atoms with van der Waals surface area (Å²) < 4.78 is 0. The second-order valence-electron chi connectivity index (χ2n) is 10.2. The first-order valence-electron chi connectivity index (χ1n) is 13.1. The summed E-state index contributed by atoms with van der Waals surface area (Å²) in [5, 5.41) is 27.1. The van der Waals surface area contributed by atoms with Crippen LogP contribution in [0.15, 0.2) is 54.6 Å². The molecule has 2 aromatic rings. The highest BCUT2D eigenvalue weighted by molar-refractivity contribution is 5.94. The maximum atomic E-state index is 13.3. The van der Waals surface area contributed by atoms with Crippen LogP contribution in [-0.4, -0.2) is 58.1 Å². The number of carbonyl (C=O) groups excluding carboxylic acids is 3. The average molecular weight is 541 g/mol. The maximum Gasteiger partial charge on any atom is 0.326 e. The second-order valence-corrected chi connectivity index (χ2v) is 10.2. The molecule has 0 aliphatic rings. The van der Waals surface area contributed by atoms with Crippen molar-refractivity contribution in [3.8, 4) is 5.75 Å². The van der Waals surface area contributed by atoms with Crippen LogP contribution in [0.4, 0.5) is 0 Å². The Morgan fingerprint density at radius 2 is 1.31 bits per heavy atom. The summed E-state index contributed by atoms with van der Waals surface area (Å²) in [7, 11) is 0. The maximum absolute atomic E-state index is 13.3. The third kappa shape index (κ3) is 9.72. The molecule has 212 valence electrons. The number of aliphatic carboxylic acids is 1. The van der Waals surface area contributed by atoms with E-state index in [1.54, 1.807) is 26.0 Å². The Bertz CT molecular complexity index is 1110. The lowest BCUT2D eigenvalue weighted by Crippen LogP contribution is -2.60. The first-order chi connectivity index (χ1) is 18.4. The number of carbonyl (C=O) groups is 4. The van der Waals surface area contributed by atoms with Crippen molar-refractivity contribution in [3.63, 3.8) is 0 Å². The fourth-order valence-electron chi connectivity index (χ4n) is 4.03. The van der Waals surface area contributed by atoms with Crippen LogP contribution < -0.4 is 21.7 Å². The number of carboxylic acids is 1. The number of rotatable bonds is 14. The molecule has 5 atom stereocenters. The molecule has 2 aromatic carbocycles. The van der Waals surface area contributed by atoms with Gasteiger partial charge < -0.3 is 31.9 Å². The number of nitrogens with one attached hydrogen (secondary N) is 3. The van der Waals surface area contributed by atoms with Crippen molar-refractivity contribution in [2.45, 2.75) is 71.1 Å². The number of phenolic OH excluding ortho intramolecular Hbond substituents is 1. The zero-order valence-corrected chi connectivity index (χ0v) is 22.9. The molecule has 0 bridgehead atoms.